The van der Waals surface area contributed by atoms with Crippen molar-refractivity contribution in [2.24, 2.45) is 0 Å². The van der Waals surface area contributed by atoms with Gasteiger partial charge >= 0.3 is 0 Å². The van der Waals surface area contributed by atoms with Gasteiger partial charge in [-0.05, 0) is 67.1 Å². The third kappa shape index (κ3) is 4.93. The predicted molar refractivity (Wildman–Crippen MR) is 149 cm³/mol. The lowest BCUT2D eigenvalue weighted by Crippen LogP contribution is -2.16. The maximum Gasteiger partial charge on any atom is 0.164 e. The van der Waals surface area contributed by atoms with Crippen LogP contribution >= 0.6 is 23.2 Å². The molecule has 36 heavy (non-hydrogen) atoms. The lowest BCUT2D eigenvalue weighted by molar-refractivity contribution is 0.0978. The molecular weight excluding hydrogens is 491 g/mol. The summed E-state index contributed by atoms with van der Waals surface area (Å²) in [6, 6.07) is 19.6. The van der Waals surface area contributed by atoms with E-state index in [0.717, 1.165) is 64.9 Å². The fourth-order valence-corrected chi connectivity index (χ4v) is 5.75. The molecule has 0 saturated carbocycles. The van der Waals surface area contributed by atoms with E-state index in [2.05, 4.69) is 17.1 Å². The number of ether oxygens (including phenoxy) is 1. The van der Waals surface area contributed by atoms with Crippen LogP contribution in [-0.2, 0) is 0 Å². The maximum atomic E-state index is 13.4. The van der Waals surface area contributed by atoms with Gasteiger partial charge in [0, 0.05) is 58.7 Å². The second kappa shape index (κ2) is 10.5. The number of Topliss-reactive ketones (excluding diaryl/α,β-unsaturated/α-hetero) is 1. The van der Waals surface area contributed by atoms with Crippen LogP contribution in [0.2, 0.25) is 10.0 Å². The minimum absolute atomic E-state index is 0.158. The number of carbonyl (C=O) groups is 1. The Morgan fingerprint density at radius 2 is 1.81 bits per heavy atom. The molecular formula is C30H28Cl2N2O2. The molecule has 1 aromatic heterocycles. The molecule has 1 aliphatic rings. The number of fused-ring (bicyclic) bond motifs is 2. The standard InChI is InChI=1S/C30H28Cl2N2O2/c1-34(2)30-25-12-14-33-29(20-16-21(31)18-22(32)17-20)24(25)10-11-26(30)27(35)8-5-6-19-13-15-36-28-9-4-3-7-23(19)28/h3-4,7,9-12,14,16-19H,5-6,8,13,15H2,1-2H3/t19-/m0/s1. The minimum Gasteiger partial charge on any atom is -0.493 e. The largest absolute Gasteiger partial charge is 0.493 e. The van der Waals surface area contributed by atoms with Crippen LogP contribution in [0, 0.1) is 0 Å². The first-order valence-electron chi connectivity index (χ1n) is 12.2. The number of ketones is 1. The Morgan fingerprint density at radius 1 is 1.03 bits per heavy atom. The number of pyridine rings is 1. The number of aromatic nitrogens is 1. The summed E-state index contributed by atoms with van der Waals surface area (Å²) in [5.74, 6) is 1.57. The molecule has 6 heteroatoms. The highest BCUT2D eigenvalue weighted by Gasteiger charge is 2.22. The van der Waals surface area contributed by atoms with Gasteiger partial charge in [0.1, 0.15) is 5.75 Å². The highest BCUT2D eigenvalue weighted by Crippen LogP contribution is 2.38. The summed E-state index contributed by atoms with van der Waals surface area (Å²) < 4.78 is 5.80. The Kier molecular flexibility index (Phi) is 7.17. The molecule has 2 heterocycles. The second-order valence-corrected chi connectivity index (χ2v) is 10.3. The van der Waals surface area contributed by atoms with Gasteiger partial charge in [-0.25, -0.2) is 0 Å². The van der Waals surface area contributed by atoms with Gasteiger partial charge in [-0.15, -0.1) is 0 Å². The van der Waals surface area contributed by atoms with Gasteiger partial charge in [-0.3, -0.25) is 9.78 Å². The third-order valence-corrected chi connectivity index (χ3v) is 7.28. The zero-order valence-electron chi connectivity index (χ0n) is 20.4. The summed E-state index contributed by atoms with van der Waals surface area (Å²) in [5.41, 5.74) is 4.54. The molecule has 184 valence electrons. The molecule has 4 aromatic rings. The molecule has 0 spiro atoms. The minimum atomic E-state index is 0.158. The summed E-state index contributed by atoms with van der Waals surface area (Å²) in [5, 5.41) is 3.05. The molecule has 3 aromatic carbocycles. The summed E-state index contributed by atoms with van der Waals surface area (Å²) in [6.45, 7) is 0.735. The first kappa shape index (κ1) is 24.6. The van der Waals surface area contributed by atoms with Crippen LogP contribution in [0.5, 0.6) is 5.75 Å². The molecule has 1 atom stereocenters. The van der Waals surface area contributed by atoms with Crippen molar-refractivity contribution in [3.63, 3.8) is 0 Å². The van der Waals surface area contributed by atoms with Crippen LogP contribution < -0.4 is 9.64 Å². The Labute approximate surface area is 221 Å². The number of hydrogen-bond donors (Lipinski definition) is 0. The first-order valence-corrected chi connectivity index (χ1v) is 13.0. The van der Waals surface area contributed by atoms with Crippen molar-refractivity contribution in [3.05, 3.63) is 88.0 Å². The molecule has 1 aliphatic heterocycles. The lowest BCUT2D eigenvalue weighted by atomic mass is 9.88. The zero-order valence-corrected chi connectivity index (χ0v) is 21.9. The van der Waals surface area contributed by atoms with Crippen molar-refractivity contribution in [2.45, 2.75) is 31.6 Å². The van der Waals surface area contributed by atoms with Crippen LogP contribution in [0.25, 0.3) is 22.0 Å². The Balaban J connectivity index is 1.41. The van der Waals surface area contributed by atoms with Crippen LogP contribution in [0.4, 0.5) is 5.69 Å². The van der Waals surface area contributed by atoms with E-state index < -0.39 is 0 Å². The number of carbonyl (C=O) groups excluding carboxylic acids is 1. The average Bonchev–Trinajstić information content (AvgIpc) is 2.87. The van der Waals surface area contributed by atoms with Crippen molar-refractivity contribution < 1.29 is 9.53 Å². The highest BCUT2D eigenvalue weighted by molar-refractivity contribution is 6.35. The molecule has 0 saturated heterocycles. The van der Waals surface area contributed by atoms with Crippen LogP contribution in [-0.4, -0.2) is 31.5 Å². The molecule has 0 fully saturated rings. The van der Waals surface area contributed by atoms with Gasteiger partial charge < -0.3 is 9.64 Å². The van der Waals surface area contributed by atoms with Gasteiger partial charge in [-0.2, -0.15) is 0 Å². The van der Waals surface area contributed by atoms with Crippen molar-refractivity contribution in [2.75, 3.05) is 25.6 Å². The molecule has 0 radical (unpaired) electrons. The molecule has 0 unspecified atom stereocenters. The van der Waals surface area contributed by atoms with Crippen LogP contribution in [0.15, 0.2) is 66.9 Å². The average molecular weight is 519 g/mol. The van der Waals surface area contributed by atoms with E-state index >= 15 is 0 Å². The number of halogens is 2. The van der Waals surface area contributed by atoms with Crippen molar-refractivity contribution >= 4 is 45.4 Å². The fourth-order valence-electron chi connectivity index (χ4n) is 5.23. The number of nitrogens with zero attached hydrogens (tertiary/aromatic N) is 2. The smallest absolute Gasteiger partial charge is 0.164 e. The normalized spacial score (nSPS) is 14.8. The summed E-state index contributed by atoms with van der Waals surface area (Å²) >= 11 is 12.5. The molecule has 0 amide bonds. The van der Waals surface area contributed by atoms with Crippen molar-refractivity contribution in [3.8, 4) is 17.0 Å². The van der Waals surface area contributed by atoms with E-state index in [9.17, 15) is 4.79 Å². The SMILES string of the molecule is CN(C)c1c(C(=O)CCC[C@H]2CCOc3ccccc32)ccc2c(-c3cc(Cl)cc(Cl)c3)nccc12. The topological polar surface area (TPSA) is 42.4 Å². The van der Waals surface area contributed by atoms with Crippen molar-refractivity contribution in [1.82, 2.24) is 4.98 Å². The monoisotopic (exact) mass is 518 g/mol. The Bertz CT molecular complexity index is 1410. The highest BCUT2D eigenvalue weighted by atomic mass is 35.5. The molecule has 5 rings (SSSR count). The predicted octanol–water partition coefficient (Wildman–Crippen LogP) is 8.19. The second-order valence-electron chi connectivity index (χ2n) is 9.46. The van der Waals surface area contributed by atoms with Gasteiger partial charge in [0.2, 0.25) is 0 Å². The Morgan fingerprint density at radius 3 is 2.58 bits per heavy atom. The van der Waals surface area contributed by atoms with E-state index in [1.807, 2.05) is 61.5 Å². The molecule has 0 aliphatic carbocycles. The molecule has 0 N–H and O–H groups in total. The fraction of sp³-hybridized carbons (Fsp3) is 0.267. The van der Waals surface area contributed by atoms with E-state index in [0.29, 0.717) is 22.4 Å². The van der Waals surface area contributed by atoms with Crippen molar-refractivity contribution in [1.29, 1.82) is 0 Å². The number of anilines is 1. The van der Waals surface area contributed by atoms with Crippen LogP contribution in [0.3, 0.4) is 0 Å². The maximum absolute atomic E-state index is 13.4. The number of rotatable bonds is 7. The number of benzene rings is 3. The Hall–Kier alpha value is -3.08. The van der Waals surface area contributed by atoms with E-state index in [1.165, 1.54) is 5.56 Å². The molecule has 4 nitrogen and oxygen atoms in total. The van der Waals surface area contributed by atoms with Gasteiger partial charge in [0.25, 0.3) is 0 Å². The van der Waals surface area contributed by atoms with Crippen LogP contribution in [0.1, 0.15) is 47.5 Å². The lowest BCUT2D eigenvalue weighted by Gasteiger charge is -2.26. The van der Waals surface area contributed by atoms with Gasteiger partial charge in [0.15, 0.2) is 5.78 Å². The van der Waals surface area contributed by atoms with Gasteiger partial charge in [0.05, 0.1) is 18.0 Å². The third-order valence-electron chi connectivity index (χ3n) is 6.84. The van der Waals surface area contributed by atoms with E-state index in [4.69, 9.17) is 27.9 Å². The summed E-state index contributed by atoms with van der Waals surface area (Å²) in [6.07, 6.45) is 5.09. The number of para-hydroxylation sites is 1. The summed E-state index contributed by atoms with van der Waals surface area (Å²) in [7, 11) is 3.95. The van der Waals surface area contributed by atoms with E-state index in [-0.39, 0.29) is 5.78 Å². The van der Waals surface area contributed by atoms with E-state index in [1.54, 1.807) is 12.3 Å². The zero-order chi connectivity index (χ0) is 25.2. The van der Waals surface area contributed by atoms with Gasteiger partial charge in [-0.1, -0.05) is 47.5 Å². The number of hydrogen-bond acceptors (Lipinski definition) is 4. The first-order chi connectivity index (χ1) is 17.4. The quantitative estimate of drug-likeness (QED) is 0.231. The summed E-state index contributed by atoms with van der Waals surface area (Å²) in [4.78, 5) is 20.1. The molecule has 0 bridgehead atoms.